The van der Waals surface area contributed by atoms with Crippen LogP contribution < -0.4 is 5.32 Å². The van der Waals surface area contributed by atoms with Crippen molar-refractivity contribution in [1.29, 1.82) is 0 Å². The molecule has 1 heterocycles. The summed E-state index contributed by atoms with van der Waals surface area (Å²) < 4.78 is 0. The van der Waals surface area contributed by atoms with Gasteiger partial charge in [-0.05, 0) is 17.9 Å². The second-order valence-corrected chi connectivity index (χ2v) is 4.49. The van der Waals surface area contributed by atoms with Crippen LogP contribution in [0.1, 0.15) is 30.3 Å². The van der Waals surface area contributed by atoms with E-state index in [1.54, 1.807) is 6.07 Å². The van der Waals surface area contributed by atoms with Crippen LogP contribution in [-0.2, 0) is 0 Å². The Kier molecular flexibility index (Phi) is 4.15. The van der Waals surface area contributed by atoms with E-state index in [9.17, 15) is 4.79 Å². The van der Waals surface area contributed by atoms with Crippen LogP contribution in [0.5, 0.6) is 0 Å². The van der Waals surface area contributed by atoms with E-state index in [0.717, 1.165) is 23.6 Å². The molecule has 1 amide bonds. The van der Waals surface area contributed by atoms with Crippen molar-refractivity contribution < 1.29 is 4.79 Å². The van der Waals surface area contributed by atoms with E-state index in [-0.39, 0.29) is 5.91 Å². The number of hydrogen-bond donors (Lipinski definition) is 1. The number of unbranched alkanes of at least 4 members (excludes halogenated alkanes) is 1. The minimum atomic E-state index is -0.170. The van der Waals surface area contributed by atoms with Gasteiger partial charge in [-0.2, -0.15) is 0 Å². The zero-order chi connectivity index (χ0) is 13.0. The van der Waals surface area contributed by atoms with Crippen molar-refractivity contribution in [1.82, 2.24) is 10.3 Å². The minimum absolute atomic E-state index is 0.170. The molecular weight excluding hydrogens is 248 g/mol. The lowest BCUT2D eigenvalue weighted by molar-refractivity contribution is 0.0948. The summed E-state index contributed by atoms with van der Waals surface area (Å²) in [5, 5.41) is 4.99. The molecule has 0 unspecified atom stereocenters. The average Bonchev–Trinajstić information content (AvgIpc) is 2.39. The van der Waals surface area contributed by atoms with Crippen molar-refractivity contribution in [2.45, 2.75) is 19.8 Å². The lowest BCUT2D eigenvalue weighted by Gasteiger charge is -2.06. The molecule has 0 radical (unpaired) electrons. The van der Waals surface area contributed by atoms with Crippen LogP contribution >= 0.6 is 11.6 Å². The van der Waals surface area contributed by atoms with Crippen LogP contribution in [0, 0.1) is 0 Å². The second kappa shape index (κ2) is 5.83. The predicted octanol–water partition coefficient (Wildman–Crippen LogP) is 3.42. The summed E-state index contributed by atoms with van der Waals surface area (Å²) in [4.78, 5) is 16.0. The zero-order valence-corrected chi connectivity index (χ0v) is 11.0. The first-order chi connectivity index (χ1) is 8.72. The molecule has 94 valence electrons. The number of nitrogens with zero attached hydrogens (tertiary/aromatic N) is 1. The highest BCUT2D eigenvalue weighted by atomic mass is 35.5. The molecule has 1 aromatic heterocycles. The van der Waals surface area contributed by atoms with Crippen LogP contribution in [0.2, 0.25) is 5.15 Å². The van der Waals surface area contributed by atoms with Crippen LogP contribution in [0.25, 0.3) is 10.8 Å². The molecule has 0 fully saturated rings. The number of amides is 1. The summed E-state index contributed by atoms with van der Waals surface area (Å²) >= 11 is 6.08. The molecule has 0 atom stereocenters. The summed E-state index contributed by atoms with van der Waals surface area (Å²) in [6.45, 7) is 2.75. The SMILES string of the molecule is CCCCNC(=O)c1cc2ccccc2c(Cl)n1. The third-order valence-corrected chi connectivity index (χ3v) is 3.03. The smallest absolute Gasteiger partial charge is 0.269 e. The highest BCUT2D eigenvalue weighted by molar-refractivity contribution is 6.34. The van der Waals surface area contributed by atoms with E-state index in [1.807, 2.05) is 24.3 Å². The maximum Gasteiger partial charge on any atom is 0.269 e. The van der Waals surface area contributed by atoms with Crippen LogP contribution in [0.4, 0.5) is 0 Å². The van der Waals surface area contributed by atoms with Crippen LogP contribution in [0.3, 0.4) is 0 Å². The van der Waals surface area contributed by atoms with Gasteiger partial charge >= 0.3 is 0 Å². The number of rotatable bonds is 4. The Balaban J connectivity index is 2.26. The Morgan fingerprint density at radius 3 is 2.94 bits per heavy atom. The fourth-order valence-electron chi connectivity index (χ4n) is 1.74. The van der Waals surface area contributed by atoms with Gasteiger partial charge in [0.2, 0.25) is 0 Å². The van der Waals surface area contributed by atoms with Crippen molar-refractivity contribution in [2.75, 3.05) is 6.54 Å². The number of carbonyl (C=O) groups excluding carboxylic acids is 1. The molecule has 0 spiro atoms. The van der Waals surface area contributed by atoms with E-state index >= 15 is 0 Å². The molecule has 2 rings (SSSR count). The van der Waals surface area contributed by atoms with Gasteiger partial charge in [0.25, 0.3) is 5.91 Å². The van der Waals surface area contributed by atoms with Crippen molar-refractivity contribution in [2.24, 2.45) is 0 Å². The molecule has 1 N–H and O–H groups in total. The van der Waals surface area contributed by atoms with E-state index in [2.05, 4.69) is 17.2 Å². The first-order valence-electron chi connectivity index (χ1n) is 6.06. The van der Waals surface area contributed by atoms with Crippen LogP contribution in [0.15, 0.2) is 30.3 Å². The summed E-state index contributed by atoms with van der Waals surface area (Å²) in [5.41, 5.74) is 0.370. The van der Waals surface area contributed by atoms with E-state index < -0.39 is 0 Å². The molecule has 4 heteroatoms. The van der Waals surface area contributed by atoms with Gasteiger partial charge in [-0.3, -0.25) is 4.79 Å². The summed E-state index contributed by atoms with van der Waals surface area (Å²) in [7, 11) is 0. The summed E-state index contributed by atoms with van der Waals surface area (Å²) in [6.07, 6.45) is 2.01. The largest absolute Gasteiger partial charge is 0.351 e. The molecule has 3 nitrogen and oxygen atoms in total. The van der Waals surface area contributed by atoms with E-state index in [4.69, 9.17) is 11.6 Å². The molecule has 0 aliphatic carbocycles. The fourth-order valence-corrected chi connectivity index (χ4v) is 2.01. The molecule has 18 heavy (non-hydrogen) atoms. The van der Waals surface area contributed by atoms with Gasteiger partial charge in [-0.25, -0.2) is 4.98 Å². The average molecular weight is 263 g/mol. The Morgan fingerprint density at radius 2 is 2.17 bits per heavy atom. The van der Waals surface area contributed by atoms with Gasteiger partial charge in [0.1, 0.15) is 10.8 Å². The molecule has 0 saturated heterocycles. The highest BCUT2D eigenvalue weighted by Gasteiger charge is 2.10. The van der Waals surface area contributed by atoms with Gasteiger partial charge in [0.05, 0.1) is 0 Å². The summed E-state index contributed by atoms with van der Waals surface area (Å²) in [6, 6.07) is 9.39. The van der Waals surface area contributed by atoms with Gasteiger partial charge < -0.3 is 5.32 Å². The summed E-state index contributed by atoms with van der Waals surface area (Å²) in [5.74, 6) is -0.170. The topological polar surface area (TPSA) is 42.0 Å². The molecule has 0 aliphatic heterocycles. The Hall–Kier alpha value is -1.61. The maximum atomic E-state index is 11.9. The molecule has 0 bridgehead atoms. The van der Waals surface area contributed by atoms with Gasteiger partial charge in [0.15, 0.2) is 0 Å². The van der Waals surface area contributed by atoms with Gasteiger partial charge in [0, 0.05) is 11.9 Å². The first-order valence-corrected chi connectivity index (χ1v) is 6.43. The van der Waals surface area contributed by atoms with Crippen LogP contribution in [-0.4, -0.2) is 17.4 Å². The highest BCUT2D eigenvalue weighted by Crippen LogP contribution is 2.22. The zero-order valence-electron chi connectivity index (χ0n) is 10.2. The number of hydrogen-bond acceptors (Lipinski definition) is 2. The van der Waals surface area contributed by atoms with Gasteiger partial charge in [-0.1, -0.05) is 49.2 Å². The number of aromatic nitrogens is 1. The number of nitrogens with one attached hydrogen (secondary N) is 1. The van der Waals surface area contributed by atoms with Crippen molar-refractivity contribution in [3.63, 3.8) is 0 Å². The molecular formula is C14H15ClN2O. The third kappa shape index (κ3) is 2.79. The lowest BCUT2D eigenvalue weighted by atomic mass is 10.1. The molecule has 1 aromatic carbocycles. The fraction of sp³-hybridized carbons (Fsp3) is 0.286. The Morgan fingerprint density at radius 1 is 1.39 bits per heavy atom. The Bertz CT molecular complexity index is 569. The van der Waals surface area contributed by atoms with Gasteiger partial charge in [-0.15, -0.1) is 0 Å². The second-order valence-electron chi connectivity index (χ2n) is 4.13. The quantitative estimate of drug-likeness (QED) is 0.678. The standard InChI is InChI=1S/C14H15ClN2O/c1-2-3-8-16-14(18)12-9-10-6-4-5-7-11(10)13(15)17-12/h4-7,9H,2-3,8H2,1H3,(H,16,18). The number of carbonyl (C=O) groups is 1. The maximum absolute atomic E-state index is 11.9. The number of pyridine rings is 1. The number of benzene rings is 1. The predicted molar refractivity (Wildman–Crippen MR) is 74.0 cm³/mol. The molecule has 0 saturated carbocycles. The normalized spacial score (nSPS) is 10.6. The Labute approximate surface area is 111 Å². The molecule has 2 aromatic rings. The first kappa shape index (κ1) is 12.8. The minimum Gasteiger partial charge on any atom is -0.351 e. The lowest BCUT2D eigenvalue weighted by Crippen LogP contribution is -2.25. The number of halogens is 1. The van der Waals surface area contributed by atoms with Crippen molar-refractivity contribution in [3.05, 3.63) is 41.2 Å². The van der Waals surface area contributed by atoms with Crippen molar-refractivity contribution >= 4 is 28.3 Å². The van der Waals surface area contributed by atoms with Crippen molar-refractivity contribution in [3.8, 4) is 0 Å². The molecule has 0 aliphatic rings. The third-order valence-electron chi connectivity index (χ3n) is 2.74. The van der Waals surface area contributed by atoms with E-state index in [1.165, 1.54) is 0 Å². The number of fused-ring (bicyclic) bond motifs is 1. The van der Waals surface area contributed by atoms with E-state index in [0.29, 0.717) is 17.4 Å². The monoisotopic (exact) mass is 262 g/mol.